The minimum Gasteiger partial charge on any atom is -0.0808 e. The van der Waals surface area contributed by atoms with Crippen LogP contribution in [0.15, 0.2) is 255 Å². The zero-order valence-electron chi connectivity index (χ0n) is 66.0. The van der Waals surface area contributed by atoms with Crippen molar-refractivity contribution in [3.05, 3.63) is 283 Å². The first-order valence-corrected chi connectivity index (χ1v) is 36.9. The molecule has 540 valence electrons. The summed E-state index contributed by atoms with van der Waals surface area (Å²) in [4.78, 5) is 0. The Morgan fingerprint density at radius 1 is 0.245 bits per heavy atom. The van der Waals surface area contributed by atoms with Crippen LogP contribution in [-0.2, 0) is 12.8 Å². The minimum absolute atomic E-state index is 0. The quantitative estimate of drug-likeness (QED) is 0.165. The van der Waals surface area contributed by atoms with Gasteiger partial charge in [-0.25, -0.2) is 0 Å². The first-order valence-electron chi connectivity index (χ1n) is 36.9. The van der Waals surface area contributed by atoms with Crippen LogP contribution in [0.5, 0.6) is 0 Å². The minimum atomic E-state index is 0. The summed E-state index contributed by atoms with van der Waals surface area (Å²) in [5.41, 5.74) is 9.45. The summed E-state index contributed by atoms with van der Waals surface area (Å²) in [5.74, 6) is 0. The molecule has 11 rings (SSSR count). The van der Waals surface area contributed by atoms with Crippen molar-refractivity contribution >= 4 is 16.8 Å². The SMILES string of the molecule is C.C.C.C1=CCC=C1.C1=Cc2ccccc2C1.C1CCCC1.CC.CC.CC.CC.CC.CC.CC.CC.CC.CC.CC.CC.CC.CC.CC.Cc1ccccc1.c1ccc(-c2ccccc2)cc1.c1ccc(Cc2ccccc2)cc1.c1ccc2ccccc2c1. The third-order valence-corrected chi connectivity index (χ3v) is 10.2. The van der Waals surface area contributed by atoms with Gasteiger partial charge in [0.05, 0.1) is 0 Å². The standard InChI is InChI=1S/C13H12.C12H10.C10H8.C9H8.C7H8.C5H10.C5H6.15C2H6.3CH4/c1-3-7-12(8-4-1)11-13-9-5-2-6-10-13;1-3-7-11(8-4-1)12-9-5-2-6-10-12;1-2-6-10-8-4-3-7-9(10)5-1;1-2-5-9-7-3-6-8(9)4-1;1-7-5-3-2-4-6-7;2*1-2-4-5-3-1;15*1-2;;;/h1-10H,11H2;1-10H;1-8H;1-6H,7H2;2-6H,1H3;1-5H2;1-4H,5H2;15*1-2H3;3*1H4. The van der Waals surface area contributed by atoms with E-state index in [1.807, 2.05) is 238 Å². The van der Waals surface area contributed by atoms with Crippen LogP contribution in [0.1, 0.15) is 296 Å². The molecule has 3 aliphatic rings. The first kappa shape index (κ1) is 121. The number of fused-ring (bicyclic) bond motifs is 2. The van der Waals surface area contributed by atoms with E-state index in [1.54, 1.807) is 0 Å². The highest BCUT2D eigenvalue weighted by molar-refractivity contribution is 5.82. The fraction of sp³-hybridized carbons (Fsp3) is 0.447. The van der Waals surface area contributed by atoms with Crippen LogP contribution in [0, 0.1) is 6.92 Å². The topological polar surface area (TPSA) is 0 Å². The number of allylic oxidation sites excluding steroid dienone is 5. The Morgan fingerprint density at radius 3 is 0.713 bits per heavy atom. The second kappa shape index (κ2) is 123. The highest BCUT2D eigenvalue weighted by atomic mass is 14.1. The Morgan fingerprint density at radius 2 is 0.479 bits per heavy atom. The molecule has 0 unspecified atom stereocenters. The van der Waals surface area contributed by atoms with Crippen molar-refractivity contribution in [3.8, 4) is 11.1 Å². The van der Waals surface area contributed by atoms with Crippen molar-refractivity contribution in [2.24, 2.45) is 0 Å². The molecule has 0 spiro atoms. The van der Waals surface area contributed by atoms with E-state index < -0.39 is 0 Å². The molecule has 0 heteroatoms. The molecule has 0 heterocycles. The molecule has 0 bridgehead atoms. The molecule has 3 aliphatic carbocycles. The predicted molar refractivity (Wildman–Crippen MR) is 458 cm³/mol. The second-order valence-electron chi connectivity index (χ2n) is 15.0. The molecule has 0 saturated heterocycles. The van der Waals surface area contributed by atoms with Gasteiger partial charge in [0, 0.05) is 0 Å². The predicted octanol–water partition coefficient (Wildman–Crippen LogP) is 34.5. The summed E-state index contributed by atoms with van der Waals surface area (Å²) in [6.07, 6.45) is 23.5. The lowest BCUT2D eigenvalue weighted by Gasteiger charge is -2.00. The van der Waals surface area contributed by atoms with Crippen LogP contribution in [0.3, 0.4) is 0 Å². The molecule has 1 saturated carbocycles. The number of benzene rings is 8. The van der Waals surface area contributed by atoms with Crippen LogP contribution in [-0.4, -0.2) is 0 Å². The Balaban J connectivity index is -0.0000000624. The van der Waals surface area contributed by atoms with E-state index in [-0.39, 0.29) is 22.3 Å². The van der Waals surface area contributed by atoms with Gasteiger partial charge >= 0.3 is 0 Å². The van der Waals surface area contributed by atoms with Crippen LogP contribution in [0.25, 0.3) is 28.0 Å². The number of aryl methyl sites for hydroxylation is 1. The van der Waals surface area contributed by atoms with Gasteiger partial charge in [0.1, 0.15) is 0 Å². The van der Waals surface area contributed by atoms with Crippen LogP contribution in [0.2, 0.25) is 0 Å². The molecular formula is C94H164. The van der Waals surface area contributed by atoms with E-state index in [0.29, 0.717) is 0 Å². The van der Waals surface area contributed by atoms with E-state index in [9.17, 15) is 0 Å². The Labute approximate surface area is 595 Å². The van der Waals surface area contributed by atoms with Crippen molar-refractivity contribution < 1.29 is 0 Å². The smallest absolute Gasteiger partial charge is 0.00258 e. The average Bonchev–Trinajstić information content (AvgIpc) is 1.60. The fourth-order valence-corrected chi connectivity index (χ4v) is 6.83. The summed E-state index contributed by atoms with van der Waals surface area (Å²) in [6.45, 7) is 62.1. The van der Waals surface area contributed by atoms with Crippen molar-refractivity contribution in [3.63, 3.8) is 0 Å². The van der Waals surface area contributed by atoms with E-state index in [0.717, 1.165) is 19.3 Å². The van der Waals surface area contributed by atoms with Gasteiger partial charge in [-0.15, -0.1) is 0 Å². The van der Waals surface area contributed by atoms with Crippen molar-refractivity contribution in [2.45, 2.75) is 288 Å². The van der Waals surface area contributed by atoms with Crippen molar-refractivity contribution in [1.82, 2.24) is 0 Å². The highest BCUT2D eigenvalue weighted by Crippen LogP contribution is 2.19. The monoisotopic (exact) mass is 1290 g/mol. The largest absolute Gasteiger partial charge is 0.0808 e. The molecule has 8 aromatic carbocycles. The summed E-state index contributed by atoms with van der Waals surface area (Å²) < 4.78 is 0. The molecule has 1 fully saturated rings. The number of hydrogen-bond acceptors (Lipinski definition) is 0. The zero-order chi connectivity index (χ0) is 72.3. The third-order valence-electron chi connectivity index (χ3n) is 10.2. The van der Waals surface area contributed by atoms with Gasteiger partial charge in [-0.1, -0.05) is 529 Å². The second-order valence-corrected chi connectivity index (χ2v) is 15.0. The lowest BCUT2D eigenvalue weighted by Crippen LogP contribution is -1.85. The molecule has 0 atom stereocenters. The van der Waals surface area contributed by atoms with E-state index in [1.165, 1.54) is 81.8 Å². The average molecular weight is 1290 g/mol. The van der Waals surface area contributed by atoms with Crippen LogP contribution in [0.4, 0.5) is 0 Å². The lowest BCUT2D eigenvalue weighted by atomic mass is 10.1. The van der Waals surface area contributed by atoms with Crippen molar-refractivity contribution in [2.75, 3.05) is 0 Å². The van der Waals surface area contributed by atoms with E-state index in [4.69, 9.17) is 0 Å². The zero-order valence-corrected chi connectivity index (χ0v) is 66.0. The third kappa shape index (κ3) is 81.3. The highest BCUT2D eigenvalue weighted by Gasteiger charge is 2.00. The van der Waals surface area contributed by atoms with Gasteiger partial charge in [0.15, 0.2) is 0 Å². The Bertz CT molecular complexity index is 2230. The van der Waals surface area contributed by atoms with Gasteiger partial charge in [0.2, 0.25) is 0 Å². The van der Waals surface area contributed by atoms with Gasteiger partial charge in [-0.3, -0.25) is 0 Å². The maximum Gasteiger partial charge on any atom is -0.00258 e. The number of hydrogen-bond donors (Lipinski definition) is 0. The van der Waals surface area contributed by atoms with E-state index >= 15 is 0 Å². The van der Waals surface area contributed by atoms with Gasteiger partial charge < -0.3 is 0 Å². The molecule has 8 aromatic rings. The fourth-order valence-electron chi connectivity index (χ4n) is 6.83. The van der Waals surface area contributed by atoms with E-state index in [2.05, 4.69) is 238 Å². The molecule has 0 N–H and O–H groups in total. The summed E-state index contributed by atoms with van der Waals surface area (Å²) >= 11 is 0. The number of rotatable bonds is 3. The van der Waals surface area contributed by atoms with Gasteiger partial charge in [-0.2, -0.15) is 0 Å². The molecule has 0 aromatic heterocycles. The lowest BCUT2D eigenvalue weighted by molar-refractivity contribution is 0.886. The van der Waals surface area contributed by atoms with Gasteiger partial charge in [-0.05, 0) is 70.3 Å². The summed E-state index contributed by atoms with van der Waals surface area (Å²) in [5, 5.41) is 2.62. The molecule has 0 radical (unpaired) electrons. The first-order chi connectivity index (χ1) is 45.2. The maximum absolute atomic E-state index is 2.20. The summed E-state index contributed by atoms with van der Waals surface area (Å²) in [7, 11) is 0. The molecule has 0 amide bonds. The van der Waals surface area contributed by atoms with Crippen LogP contribution < -0.4 is 0 Å². The molecule has 94 heavy (non-hydrogen) atoms. The van der Waals surface area contributed by atoms with Crippen LogP contribution >= 0.6 is 0 Å². The Kier molecular flexibility index (Phi) is 159. The summed E-state index contributed by atoms with van der Waals surface area (Å²) in [6, 6.07) is 77.3. The molecule has 0 nitrogen and oxygen atoms in total. The molecular weight excluding hydrogens is 1130 g/mol. The van der Waals surface area contributed by atoms with Gasteiger partial charge in [0.25, 0.3) is 0 Å². The maximum atomic E-state index is 2.20. The normalized spacial score (nSPS) is 8.80. The van der Waals surface area contributed by atoms with Crippen molar-refractivity contribution in [1.29, 1.82) is 0 Å². The Hall–Kier alpha value is -6.76. The molecule has 0 aliphatic heterocycles.